The molecule has 1 saturated carbocycles. The lowest BCUT2D eigenvalue weighted by Crippen LogP contribution is -2.26. The zero-order valence-electron chi connectivity index (χ0n) is 7.60. The number of nitrogens with two attached hydrogens (primary N) is 1. The molecule has 1 rings (SSSR count). The molecule has 1 fully saturated rings. The van der Waals surface area contributed by atoms with Crippen molar-refractivity contribution in [2.45, 2.75) is 43.9 Å². The number of hydrogen-bond donors (Lipinski definition) is 1. The van der Waals surface area contributed by atoms with E-state index in [0.29, 0.717) is 0 Å². The van der Waals surface area contributed by atoms with Crippen molar-refractivity contribution in [2.24, 2.45) is 5.73 Å². The quantitative estimate of drug-likeness (QED) is 0.683. The van der Waals surface area contributed by atoms with Crippen molar-refractivity contribution in [1.29, 1.82) is 0 Å². The van der Waals surface area contributed by atoms with E-state index in [1.807, 2.05) is 0 Å². The summed E-state index contributed by atoms with van der Waals surface area (Å²) in [7, 11) is -0.771. The topological polar surface area (TPSA) is 26.0 Å². The van der Waals surface area contributed by atoms with Gasteiger partial charge in [-0.1, -0.05) is 32.0 Å². The molecule has 0 aromatic heterocycles. The summed E-state index contributed by atoms with van der Waals surface area (Å²) < 4.78 is 0. The molecule has 68 valence electrons. The van der Waals surface area contributed by atoms with Gasteiger partial charge in [-0.15, -0.1) is 12.4 Å². The fourth-order valence-electron chi connectivity index (χ4n) is 1.63. The smallest absolute Gasteiger partial charge is 0.0505 e. The van der Waals surface area contributed by atoms with Crippen molar-refractivity contribution in [2.75, 3.05) is 6.54 Å². The van der Waals surface area contributed by atoms with Crippen molar-refractivity contribution in [3.05, 3.63) is 0 Å². The molecule has 0 bridgehead atoms. The van der Waals surface area contributed by atoms with Crippen molar-refractivity contribution in [1.82, 2.24) is 0 Å². The number of halogens is 1. The number of rotatable bonds is 4. The standard InChI is InChI=1S/C8H19NSi.ClH/c1-10(2,7-3-6-9)8-4-5-8;/h8H,3-7,9H2,1-2H3;1H. The van der Waals surface area contributed by atoms with E-state index in [0.717, 1.165) is 12.1 Å². The zero-order chi connectivity index (χ0) is 7.61. The van der Waals surface area contributed by atoms with Crippen LogP contribution in [0.15, 0.2) is 0 Å². The van der Waals surface area contributed by atoms with Crippen molar-refractivity contribution in [3.8, 4) is 0 Å². The van der Waals surface area contributed by atoms with Crippen LogP contribution >= 0.6 is 12.4 Å². The Balaban J connectivity index is 0.000001000. The summed E-state index contributed by atoms with van der Waals surface area (Å²) in [5.74, 6) is 0. The third-order valence-electron chi connectivity index (χ3n) is 2.71. The van der Waals surface area contributed by atoms with Crippen LogP contribution in [0.2, 0.25) is 24.7 Å². The van der Waals surface area contributed by atoms with Crippen LogP contribution in [0, 0.1) is 0 Å². The van der Waals surface area contributed by atoms with Crippen LogP contribution < -0.4 is 5.73 Å². The second kappa shape index (κ2) is 4.48. The van der Waals surface area contributed by atoms with Crippen LogP contribution in [0.4, 0.5) is 0 Å². The van der Waals surface area contributed by atoms with Gasteiger partial charge in [-0.25, -0.2) is 0 Å². The molecule has 0 unspecified atom stereocenters. The molecule has 0 saturated heterocycles. The Labute approximate surface area is 77.2 Å². The molecule has 1 aliphatic carbocycles. The third kappa shape index (κ3) is 3.59. The predicted octanol–water partition coefficient (Wildman–Crippen LogP) is 2.63. The second-order valence-corrected chi connectivity index (χ2v) is 9.45. The minimum atomic E-state index is -0.771. The molecule has 0 amide bonds. The van der Waals surface area contributed by atoms with E-state index < -0.39 is 8.07 Å². The van der Waals surface area contributed by atoms with Crippen LogP contribution in [0.5, 0.6) is 0 Å². The van der Waals surface area contributed by atoms with Gasteiger partial charge < -0.3 is 5.73 Å². The Morgan fingerprint density at radius 2 is 1.91 bits per heavy atom. The minimum absolute atomic E-state index is 0. The minimum Gasteiger partial charge on any atom is -0.330 e. The SMILES string of the molecule is C[Si](C)(CCCN)C1CC1.Cl. The summed E-state index contributed by atoms with van der Waals surface area (Å²) in [5.41, 5.74) is 6.63. The van der Waals surface area contributed by atoms with Gasteiger partial charge in [0, 0.05) is 0 Å². The third-order valence-corrected chi connectivity index (χ3v) is 7.14. The van der Waals surface area contributed by atoms with Crippen LogP contribution in [0.25, 0.3) is 0 Å². The van der Waals surface area contributed by atoms with Gasteiger partial charge in [-0.3, -0.25) is 0 Å². The highest BCUT2D eigenvalue weighted by Gasteiger charge is 2.38. The van der Waals surface area contributed by atoms with E-state index in [1.54, 1.807) is 0 Å². The normalized spacial score (nSPS) is 17.7. The maximum Gasteiger partial charge on any atom is 0.0505 e. The molecule has 0 radical (unpaired) electrons. The molecule has 0 aromatic carbocycles. The Morgan fingerprint density at radius 1 is 1.36 bits per heavy atom. The van der Waals surface area contributed by atoms with Gasteiger partial charge in [0.25, 0.3) is 0 Å². The van der Waals surface area contributed by atoms with Gasteiger partial charge in [0.1, 0.15) is 0 Å². The fourth-order valence-corrected chi connectivity index (χ4v) is 4.88. The summed E-state index contributed by atoms with van der Waals surface area (Å²) in [6, 6.07) is 1.45. The van der Waals surface area contributed by atoms with Gasteiger partial charge in [-0.2, -0.15) is 0 Å². The van der Waals surface area contributed by atoms with E-state index in [4.69, 9.17) is 5.73 Å². The Kier molecular flexibility index (Phi) is 4.67. The predicted molar refractivity (Wildman–Crippen MR) is 56.2 cm³/mol. The average Bonchev–Trinajstić information content (AvgIpc) is 2.64. The van der Waals surface area contributed by atoms with Gasteiger partial charge in [0.2, 0.25) is 0 Å². The molecule has 2 N–H and O–H groups in total. The van der Waals surface area contributed by atoms with Gasteiger partial charge in [0.05, 0.1) is 8.07 Å². The van der Waals surface area contributed by atoms with Gasteiger partial charge in [0.15, 0.2) is 0 Å². The molecule has 1 nitrogen and oxygen atoms in total. The Bertz CT molecular complexity index is 113. The molecule has 0 spiro atoms. The maximum atomic E-state index is 5.48. The Hall–Kier alpha value is 0.467. The highest BCUT2D eigenvalue weighted by Crippen LogP contribution is 2.47. The molecule has 0 aliphatic heterocycles. The summed E-state index contributed by atoms with van der Waals surface area (Å²) in [6.45, 7) is 5.92. The maximum absolute atomic E-state index is 5.48. The van der Waals surface area contributed by atoms with Crippen LogP contribution in [0.3, 0.4) is 0 Å². The molecule has 11 heavy (non-hydrogen) atoms. The van der Waals surface area contributed by atoms with E-state index in [9.17, 15) is 0 Å². The van der Waals surface area contributed by atoms with Crippen molar-refractivity contribution < 1.29 is 0 Å². The van der Waals surface area contributed by atoms with E-state index in [-0.39, 0.29) is 12.4 Å². The summed E-state index contributed by atoms with van der Waals surface area (Å²) in [4.78, 5) is 0. The largest absolute Gasteiger partial charge is 0.330 e. The van der Waals surface area contributed by atoms with Gasteiger partial charge in [-0.05, 0) is 18.5 Å². The van der Waals surface area contributed by atoms with E-state index in [1.165, 1.54) is 25.3 Å². The summed E-state index contributed by atoms with van der Waals surface area (Å²) in [5, 5.41) is 0. The molecular weight excluding hydrogens is 174 g/mol. The average molecular weight is 194 g/mol. The molecule has 0 heterocycles. The van der Waals surface area contributed by atoms with Crippen LogP contribution in [0.1, 0.15) is 19.3 Å². The Morgan fingerprint density at radius 3 is 2.27 bits per heavy atom. The monoisotopic (exact) mass is 193 g/mol. The highest BCUT2D eigenvalue weighted by atomic mass is 35.5. The van der Waals surface area contributed by atoms with E-state index in [2.05, 4.69) is 13.1 Å². The molecular formula is C8H20ClNSi. The molecule has 0 atom stereocenters. The molecule has 3 heteroatoms. The first kappa shape index (κ1) is 11.5. The lowest BCUT2D eigenvalue weighted by atomic mass is 10.5. The first-order chi connectivity index (χ1) is 4.67. The fraction of sp³-hybridized carbons (Fsp3) is 1.00. The van der Waals surface area contributed by atoms with Crippen LogP contribution in [-0.4, -0.2) is 14.6 Å². The second-order valence-electron chi connectivity index (χ2n) is 4.16. The summed E-state index contributed by atoms with van der Waals surface area (Å²) >= 11 is 0. The first-order valence-electron chi connectivity index (χ1n) is 4.37. The molecule has 1 aliphatic rings. The van der Waals surface area contributed by atoms with Gasteiger partial charge >= 0.3 is 0 Å². The lowest BCUT2D eigenvalue weighted by molar-refractivity contribution is 0.904. The lowest BCUT2D eigenvalue weighted by Gasteiger charge is -2.20. The zero-order valence-corrected chi connectivity index (χ0v) is 9.41. The molecule has 0 aromatic rings. The van der Waals surface area contributed by atoms with Crippen molar-refractivity contribution >= 4 is 20.5 Å². The summed E-state index contributed by atoms with van der Waals surface area (Å²) in [6.07, 6.45) is 4.29. The first-order valence-corrected chi connectivity index (χ1v) is 7.65. The van der Waals surface area contributed by atoms with E-state index >= 15 is 0 Å². The number of hydrogen-bond acceptors (Lipinski definition) is 1. The van der Waals surface area contributed by atoms with Crippen LogP contribution in [-0.2, 0) is 0 Å². The van der Waals surface area contributed by atoms with Crippen molar-refractivity contribution in [3.63, 3.8) is 0 Å². The highest BCUT2D eigenvalue weighted by molar-refractivity contribution is 6.79.